The van der Waals surface area contributed by atoms with Crippen LogP contribution in [-0.2, 0) is 6.61 Å². The molecule has 0 aliphatic heterocycles. The van der Waals surface area contributed by atoms with Gasteiger partial charge in [-0.25, -0.2) is 8.91 Å². The predicted octanol–water partition coefficient (Wildman–Crippen LogP) is 3.29. The highest BCUT2D eigenvalue weighted by Crippen LogP contribution is 2.37. The third-order valence-electron chi connectivity index (χ3n) is 5.58. The topological polar surface area (TPSA) is 92.6 Å². The minimum Gasteiger partial charge on any atom is -0.392 e. The molecule has 1 aliphatic rings. The largest absolute Gasteiger partial charge is 0.392 e. The first-order valence-corrected chi connectivity index (χ1v) is 9.36. The Balaban J connectivity index is 1.80. The molecule has 0 spiro atoms. The van der Waals surface area contributed by atoms with Gasteiger partial charge in [0.15, 0.2) is 0 Å². The van der Waals surface area contributed by atoms with Gasteiger partial charge in [-0.2, -0.15) is 5.10 Å². The van der Waals surface area contributed by atoms with Crippen molar-refractivity contribution in [2.24, 2.45) is 5.73 Å². The molecule has 28 heavy (non-hydrogen) atoms. The second-order valence-corrected chi connectivity index (χ2v) is 7.58. The van der Waals surface area contributed by atoms with Crippen molar-refractivity contribution in [3.8, 4) is 11.1 Å². The van der Waals surface area contributed by atoms with Gasteiger partial charge in [0.05, 0.1) is 35.6 Å². The molecule has 0 saturated heterocycles. The molecule has 7 heteroatoms. The second kappa shape index (κ2) is 6.91. The molecule has 1 saturated carbocycles. The number of amides is 1. The maximum Gasteiger partial charge on any atom is 0.252 e. The minimum atomic E-state index is -1.34. The molecule has 6 nitrogen and oxygen atoms in total. The van der Waals surface area contributed by atoms with Gasteiger partial charge in [-0.05, 0) is 43.4 Å². The highest BCUT2D eigenvalue weighted by atomic mass is 19.1. The molecule has 0 bridgehead atoms. The fraction of sp³-hybridized carbons (Fsp3) is 0.333. The van der Waals surface area contributed by atoms with E-state index in [4.69, 9.17) is 5.73 Å². The molecule has 1 aliphatic carbocycles. The number of rotatable bonds is 5. The number of aliphatic hydroxyl groups excluding tert-OH is 1. The zero-order chi connectivity index (χ0) is 19.9. The number of primary amides is 1. The highest BCUT2D eigenvalue weighted by Gasteiger charge is 2.39. The summed E-state index contributed by atoms with van der Waals surface area (Å²) in [4.78, 5) is 12.0. The summed E-state index contributed by atoms with van der Waals surface area (Å²) >= 11 is 0. The van der Waals surface area contributed by atoms with Gasteiger partial charge in [0.25, 0.3) is 5.91 Å². The minimum absolute atomic E-state index is 0.0149. The summed E-state index contributed by atoms with van der Waals surface area (Å²) in [6.45, 7) is 1.57. The summed E-state index contributed by atoms with van der Waals surface area (Å²) in [6.07, 6.45) is 5.24. The molecular weight excluding hydrogens is 359 g/mol. The lowest BCUT2D eigenvalue weighted by molar-refractivity contribution is 0.1000. The van der Waals surface area contributed by atoms with Gasteiger partial charge in [-0.1, -0.05) is 24.3 Å². The van der Waals surface area contributed by atoms with Crippen LogP contribution in [-0.4, -0.2) is 32.3 Å². The number of carbonyl (C=O) groups is 1. The number of fused-ring (bicyclic) bond motifs is 1. The molecule has 2 atom stereocenters. The number of anilines is 1. The number of aromatic nitrogens is 2. The molecule has 0 unspecified atom stereocenters. The molecule has 1 aromatic carbocycles. The van der Waals surface area contributed by atoms with E-state index < -0.39 is 11.6 Å². The zero-order valence-electron chi connectivity index (χ0n) is 15.7. The average Bonchev–Trinajstić information content (AvgIpc) is 3.25. The standard InChI is InChI=1S/C21H23FN4O2/c1-21(22)8-2-3-18(21)25-19-16(20(23)28)10-24-26-11-15(9-17(19)26)14-6-4-13(12-27)5-7-14/h4-7,9-11,18,25,27H,2-3,8,12H2,1H3,(H2,23,28)/t18-,21+/m1/s1. The van der Waals surface area contributed by atoms with Crippen molar-refractivity contribution in [1.82, 2.24) is 9.61 Å². The van der Waals surface area contributed by atoms with Crippen molar-refractivity contribution in [3.05, 3.63) is 53.9 Å². The number of nitrogens with one attached hydrogen (secondary N) is 1. The van der Waals surface area contributed by atoms with Crippen LogP contribution in [0.5, 0.6) is 0 Å². The summed E-state index contributed by atoms with van der Waals surface area (Å²) in [5.74, 6) is -0.605. The van der Waals surface area contributed by atoms with Gasteiger partial charge in [0.2, 0.25) is 0 Å². The maximum absolute atomic E-state index is 14.8. The molecule has 146 valence electrons. The lowest BCUT2D eigenvalue weighted by Crippen LogP contribution is -2.36. The average molecular weight is 382 g/mol. The van der Waals surface area contributed by atoms with Crippen LogP contribution in [0.4, 0.5) is 10.1 Å². The summed E-state index contributed by atoms with van der Waals surface area (Å²) < 4.78 is 16.5. The maximum atomic E-state index is 14.8. The zero-order valence-corrected chi connectivity index (χ0v) is 15.7. The summed E-state index contributed by atoms with van der Waals surface area (Å²) in [5.41, 5.74) is 8.31. The number of alkyl halides is 1. The first-order valence-electron chi connectivity index (χ1n) is 9.36. The summed E-state index contributed by atoms with van der Waals surface area (Å²) in [7, 11) is 0. The lowest BCUT2D eigenvalue weighted by atomic mass is 10.0. The molecule has 4 N–H and O–H groups in total. The Bertz CT molecular complexity index is 1030. The van der Waals surface area contributed by atoms with Crippen LogP contribution >= 0.6 is 0 Å². The van der Waals surface area contributed by atoms with Crippen molar-refractivity contribution >= 4 is 17.1 Å². The molecule has 0 radical (unpaired) electrons. The van der Waals surface area contributed by atoms with Crippen molar-refractivity contribution in [2.75, 3.05) is 5.32 Å². The third kappa shape index (κ3) is 3.22. The van der Waals surface area contributed by atoms with E-state index in [1.165, 1.54) is 6.20 Å². The Morgan fingerprint density at radius 2 is 2.14 bits per heavy atom. The number of hydrogen-bond donors (Lipinski definition) is 3. The molecule has 2 heterocycles. The normalized spacial score (nSPS) is 21.9. The molecule has 2 aromatic heterocycles. The van der Waals surface area contributed by atoms with Crippen molar-refractivity contribution in [3.63, 3.8) is 0 Å². The number of nitrogens with two attached hydrogens (primary N) is 1. The molecule has 1 fully saturated rings. The van der Waals surface area contributed by atoms with Crippen LogP contribution in [0.3, 0.4) is 0 Å². The number of benzene rings is 1. The van der Waals surface area contributed by atoms with E-state index in [0.29, 0.717) is 24.0 Å². The third-order valence-corrected chi connectivity index (χ3v) is 5.58. The van der Waals surface area contributed by atoms with Gasteiger partial charge < -0.3 is 16.2 Å². The number of hydrogen-bond acceptors (Lipinski definition) is 4. The van der Waals surface area contributed by atoms with Crippen LogP contribution in [0.2, 0.25) is 0 Å². The first kappa shape index (κ1) is 18.4. The van der Waals surface area contributed by atoms with Crippen molar-refractivity contribution < 1.29 is 14.3 Å². The van der Waals surface area contributed by atoms with E-state index >= 15 is 0 Å². The van der Waals surface area contributed by atoms with Gasteiger partial charge in [0.1, 0.15) is 5.67 Å². The lowest BCUT2D eigenvalue weighted by Gasteiger charge is -2.26. The number of aliphatic hydroxyl groups is 1. The quantitative estimate of drug-likeness (QED) is 0.631. The smallest absolute Gasteiger partial charge is 0.252 e. The number of halogens is 1. The summed E-state index contributed by atoms with van der Waals surface area (Å²) in [6, 6.07) is 9.05. The van der Waals surface area contributed by atoms with Crippen molar-refractivity contribution in [1.29, 1.82) is 0 Å². The predicted molar refractivity (Wildman–Crippen MR) is 106 cm³/mol. The highest BCUT2D eigenvalue weighted by molar-refractivity contribution is 6.02. The van der Waals surface area contributed by atoms with Crippen LogP contribution in [0.25, 0.3) is 16.6 Å². The number of nitrogens with zero attached hydrogens (tertiary/aromatic N) is 2. The Kier molecular flexibility index (Phi) is 4.55. The molecule has 3 aromatic rings. The van der Waals surface area contributed by atoms with E-state index in [2.05, 4.69) is 10.4 Å². The molecular formula is C21H23FN4O2. The van der Waals surface area contributed by atoms with Crippen LogP contribution in [0, 0.1) is 0 Å². The van der Waals surface area contributed by atoms with E-state index in [1.54, 1.807) is 11.4 Å². The Morgan fingerprint density at radius 1 is 1.39 bits per heavy atom. The van der Waals surface area contributed by atoms with Gasteiger partial charge >= 0.3 is 0 Å². The SMILES string of the molecule is C[C@]1(F)CCC[C@H]1Nc1c(C(N)=O)cnn2cc(-c3ccc(CO)cc3)cc12. The fourth-order valence-corrected chi connectivity index (χ4v) is 3.88. The van der Waals surface area contributed by atoms with E-state index in [9.17, 15) is 14.3 Å². The second-order valence-electron chi connectivity index (χ2n) is 7.58. The van der Waals surface area contributed by atoms with Gasteiger partial charge in [-0.3, -0.25) is 4.79 Å². The van der Waals surface area contributed by atoms with Gasteiger partial charge in [-0.15, -0.1) is 0 Å². The molecule has 4 rings (SSSR count). The van der Waals surface area contributed by atoms with Gasteiger partial charge in [0, 0.05) is 11.8 Å². The van der Waals surface area contributed by atoms with Crippen molar-refractivity contribution in [2.45, 2.75) is 44.5 Å². The van der Waals surface area contributed by atoms with E-state index in [0.717, 1.165) is 23.1 Å². The van der Waals surface area contributed by atoms with Crippen LogP contribution < -0.4 is 11.1 Å². The van der Waals surface area contributed by atoms with Crippen LogP contribution in [0.1, 0.15) is 42.1 Å². The molecule has 1 amide bonds. The monoisotopic (exact) mass is 382 g/mol. The number of carbonyl (C=O) groups excluding carboxylic acids is 1. The van der Waals surface area contributed by atoms with E-state index in [1.807, 2.05) is 36.5 Å². The Hall–Kier alpha value is -2.93. The van der Waals surface area contributed by atoms with E-state index in [-0.39, 0.29) is 18.2 Å². The Morgan fingerprint density at radius 3 is 2.75 bits per heavy atom. The Labute approximate surface area is 162 Å². The fourth-order valence-electron chi connectivity index (χ4n) is 3.88. The first-order chi connectivity index (χ1) is 13.4. The summed E-state index contributed by atoms with van der Waals surface area (Å²) in [5, 5.41) is 16.7. The van der Waals surface area contributed by atoms with Crippen LogP contribution in [0.15, 0.2) is 42.7 Å².